The fourth-order valence-electron chi connectivity index (χ4n) is 1.83. The highest BCUT2D eigenvalue weighted by molar-refractivity contribution is 7.10. The van der Waals surface area contributed by atoms with Crippen LogP contribution in [0, 0.1) is 17.1 Å². The highest BCUT2D eigenvalue weighted by atomic mass is 32.1. The van der Waals surface area contributed by atoms with Crippen molar-refractivity contribution in [2.75, 3.05) is 11.9 Å². The van der Waals surface area contributed by atoms with Crippen LogP contribution in [0.15, 0.2) is 35.7 Å². The van der Waals surface area contributed by atoms with Gasteiger partial charge in [0.05, 0.1) is 17.3 Å². The SMILES string of the molecule is CC(c1cccs1)N(C)c1ccc(F)cc1C#N. The quantitative estimate of drug-likeness (QED) is 0.835. The van der Waals surface area contributed by atoms with Gasteiger partial charge in [0.1, 0.15) is 11.9 Å². The molecular weight excluding hydrogens is 247 g/mol. The van der Waals surface area contributed by atoms with Gasteiger partial charge < -0.3 is 4.90 Å². The Morgan fingerprint density at radius 1 is 1.39 bits per heavy atom. The minimum Gasteiger partial charge on any atom is -0.366 e. The second kappa shape index (κ2) is 5.19. The third-order valence-electron chi connectivity index (χ3n) is 2.99. The molecular formula is C14H13FN2S. The highest BCUT2D eigenvalue weighted by Crippen LogP contribution is 2.30. The molecule has 1 atom stereocenters. The summed E-state index contributed by atoms with van der Waals surface area (Å²) in [6.45, 7) is 2.07. The van der Waals surface area contributed by atoms with Gasteiger partial charge in [-0.25, -0.2) is 4.39 Å². The van der Waals surface area contributed by atoms with Crippen molar-refractivity contribution < 1.29 is 4.39 Å². The average molecular weight is 260 g/mol. The van der Waals surface area contributed by atoms with E-state index in [9.17, 15) is 4.39 Å². The number of thiophene rings is 1. The van der Waals surface area contributed by atoms with Gasteiger partial charge in [0.15, 0.2) is 0 Å². The van der Waals surface area contributed by atoms with Crippen molar-refractivity contribution in [2.45, 2.75) is 13.0 Å². The molecule has 0 saturated heterocycles. The summed E-state index contributed by atoms with van der Waals surface area (Å²) < 4.78 is 13.1. The number of nitriles is 1. The van der Waals surface area contributed by atoms with Gasteiger partial charge in [-0.05, 0) is 36.6 Å². The molecule has 0 aliphatic carbocycles. The van der Waals surface area contributed by atoms with E-state index in [0.29, 0.717) is 5.56 Å². The molecule has 1 heterocycles. The molecule has 1 unspecified atom stereocenters. The fourth-order valence-corrected chi connectivity index (χ4v) is 2.66. The Morgan fingerprint density at radius 2 is 2.17 bits per heavy atom. The first-order chi connectivity index (χ1) is 8.63. The van der Waals surface area contributed by atoms with Crippen LogP contribution in [-0.2, 0) is 0 Å². The summed E-state index contributed by atoms with van der Waals surface area (Å²) in [5, 5.41) is 11.1. The predicted octanol–water partition coefficient (Wildman–Crippen LogP) is 3.96. The lowest BCUT2D eigenvalue weighted by molar-refractivity contribution is 0.626. The predicted molar refractivity (Wildman–Crippen MR) is 72.3 cm³/mol. The van der Waals surface area contributed by atoms with E-state index in [-0.39, 0.29) is 11.9 Å². The Bertz CT molecular complexity index is 572. The van der Waals surface area contributed by atoms with E-state index in [2.05, 4.69) is 13.0 Å². The number of hydrogen-bond acceptors (Lipinski definition) is 3. The van der Waals surface area contributed by atoms with Crippen molar-refractivity contribution in [3.63, 3.8) is 0 Å². The lowest BCUT2D eigenvalue weighted by Crippen LogP contribution is -2.21. The van der Waals surface area contributed by atoms with Crippen LogP contribution in [-0.4, -0.2) is 7.05 Å². The van der Waals surface area contributed by atoms with E-state index in [1.165, 1.54) is 17.0 Å². The molecule has 2 rings (SSSR count). The summed E-state index contributed by atoms with van der Waals surface area (Å²) in [4.78, 5) is 3.20. The summed E-state index contributed by atoms with van der Waals surface area (Å²) in [6.07, 6.45) is 0. The second-order valence-electron chi connectivity index (χ2n) is 4.08. The minimum atomic E-state index is -0.382. The highest BCUT2D eigenvalue weighted by Gasteiger charge is 2.16. The zero-order chi connectivity index (χ0) is 13.1. The topological polar surface area (TPSA) is 27.0 Å². The Kier molecular flexibility index (Phi) is 3.63. The molecule has 0 spiro atoms. The van der Waals surface area contributed by atoms with Gasteiger partial charge in [0.25, 0.3) is 0 Å². The third kappa shape index (κ3) is 2.36. The molecule has 18 heavy (non-hydrogen) atoms. The molecule has 0 bridgehead atoms. The Hall–Kier alpha value is -1.86. The second-order valence-corrected chi connectivity index (χ2v) is 5.05. The van der Waals surface area contributed by atoms with Crippen LogP contribution in [0.5, 0.6) is 0 Å². The molecule has 4 heteroatoms. The van der Waals surface area contributed by atoms with Crippen molar-refractivity contribution in [2.24, 2.45) is 0 Å². The Labute approximate surface area is 110 Å². The summed E-state index contributed by atoms with van der Waals surface area (Å²) >= 11 is 1.67. The molecule has 1 aromatic heterocycles. The number of anilines is 1. The zero-order valence-corrected chi connectivity index (χ0v) is 11.0. The number of benzene rings is 1. The molecule has 0 aliphatic rings. The Morgan fingerprint density at radius 3 is 2.78 bits per heavy atom. The van der Waals surface area contributed by atoms with Crippen LogP contribution in [0.3, 0.4) is 0 Å². The standard InChI is InChI=1S/C14H13FN2S/c1-10(14-4-3-7-18-14)17(2)13-6-5-12(15)8-11(13)9-16/h3-8,10H,1-2H3. The van der Waals surface area contributed by atoms with Gasteiger partial charge in [0, 0.05) is 11.9 Å². The normalized spacial score (nSPS) is 11.9. The van der Waals surface area contributed by atoms with E-state index in [4.69, 9.17) is 5.26 Å². The van der Waals surface area contributed by atoms with Crippen molar-refractivity contribution in [3.05, 3.63) is 52.0 Å². The van der Waals surface area contributed by atoms with E-state index in [0.717, 1.165) is 5.69 Å². The molecule has 0 N–H and O–H groups in total. The maximum absolute atomic E-state index is 13.1. The molecule has 0 fully saturated rings. The van der Waals surface area contributed by atoms with Crippen molar-refractivity contribution in [1.82, 2.24) is 0 Å². The summed E-state index contributed by atoms with van der Waals surface area (Å²) in [7, 11) is 1.92. The summed E-state index contributed by atoms with van der Waals surface area (Å²) in [5.74, 6) is -0.382. The van der Waals surface area contributed by atoms with Gasteiger partial charge in [-0.1, -0.05) is 6.07 Å². The summed E-state index contributed by atoms with van der Waals surface area (Å²) in [5.41, 5.74) is 1.11. The van der Waals surface area contributed by atoms with E-state index in [1.54, 1.807) is 17.4 Å². The van der Waals surface area contributed by atoms with Gasteiger partial charge in [0.2, 0.25) is 0 Å². The molecule has 0 aliphatic heterocycles. The lowest BCUT2D eigenvalue weighted by atomic mass is 10.1. The maximum atomic E-state index is 13.1. The van der Waals surface area contributed by atoms with Crippen LogP contribution in [0.25, 0.3) is 0 Å². The third-order valence-corrected chi connectivity index (χ3v) is 4.04. The summed E-state index contributed by atoms with van der Waals surface area (Å²) in [6, 6.07) is 10.6. The number of nitrogens with zero attached hydrogens (tertiary/aromatic N) is 2. The smallest absolute Gasteiger partial charge is 0.124 e. The van der Waals surface area contributed by atoms with E-state index in [1.807, 2.05) is 29.5 Å². The number of halogens is 1. The van der Waals surface area contributed by atoms with Crippen LogP contribution in [0.4, 0.5) is 10.1 Å². The first-order valence-electron chi connectivity index (χ1n) is 5.59. The fraction of sp³-hybridized carbons (Fsp3) is 0.214. The monoisotopic (exact) mass is 260 g/mol. The molecule has 0 radical (unpaired) electrons. The van der Waals surface area contributed by atoms with Crippen LogP contribution in [0.1, 0.15) is 23.4 Å². The molecule has 0 amide bonds. The van der Waals surface area contributed by atoms with Gasteiger partial charge in [-0.3, -0.25) is 0 Å². The molecule has 0 saturated carbocycles. The maximum Gasteiger partial charge on any atom is 0.124 e. The largest absolute Gasteiger partial charge is 0.366 e. The first-order valence-corrected chi connectivity index (χ1v) is 6.47. The van der Waals surface area contributed by atoms with E-state index >= 15 is 0 Å². The molecule has 2 nitrogen and oxygen atoms in total. The van der Waals surface area contributed by atoms with E-state index < -0.39 is 0 Å². The Balaban J connectivity index is 2.34. The molecule has 1 aromatic carbocycles. The molecule has 92 valence electrons. The van der Waals surface area contributed by atoms with Crippen LogP contribution < -0.4 is 4.90 Å². The van der Waals surface area contributed by atoms with Gasteiger partial charge >= 0.3 is 0 Å². The number of hydrogen-bond donors (Lipinski definition) is 0. The van der Waals surface area contributed by atoms with Gasteiger partial charge in [-0.15, -0.1) is 11.3 Å². The molecule has 2 aromatic rings. The lowest BCUT2D eigenvalue weighted by Gasteiger charge is -2.27. The minimum absolute atomic E-state index is 0.155. The van der Waals surface area contributed by atoms with Crippen molar-refractivity contribution >= 4 is 17.0 Å². The van der Waals surface area contributed by atoms with Crippen LogP contribution in [0.2, 0.25) is 0 Å². The van der Waals surface area contributed by atoms with Gasteiger partial charge in [-0.2, -0.15) is 5.26 Å². The zero-order valence-electron chi connectivity index (χ0n) is 10.2. The first kappa shape index (κ1) is 12.6. The average Bonchev–Trinajstić information content (AvgIpc) is 2.90. The van der Waals surface area contributed by atoms with Crippen molar-refractivity contribution in [1.29, 1.82) is 5.26 Å². The van der Waals surface area contributed by atoms with Crippen LogP contribution >= 0.6 is 11.3 Å². The number of rotatable bonds is 3. The van der Waals surface area contributed by atoms with Crippen molar-refractivity contribution in [3.8, 4) is 6.07 Å².